The van der Waals surface area contributed by atoms with Crippen molar-refractivity contribution in [3.05, 3.63) is 0 Å². The minimum absolute atomic E-state index is 0. The lowest BCUT2D eigenvalue weighted by Crippen LogP contribution is -2.40. The summed E-state index contributed by atoms with van der Waals surface area (Å²) in [5.41, 5.74) is 0.180. The van der Waals surface area contributed by atoms with E-state index < -0.39 is 0 Å². The molecule has 0 aromatic heterocycles. The van der Waals surface area contributed by atoms with Crippen molar-refractivity contribution in [2.75, 3.05) is 13.2 Å². The normalized spacial score (nSPS) is 11.5. The number of aliphatic hydroxyl groups is 1. The molecule has 0 amide bonds. The summed E-state index contributed by atoms with van der Waals surface area (Å²) in [6.07, 6.45) is 22.6. The molecule has 2 N–H and O–H groups in total. The Morgan fingerprint density at radius 2 is 1.00 bits per heavy atom. The summed E-state index contributed by atoms with van der Waals surface area (Å²) in [5, 5.41) is 12.3. The van der Waals surface area contributed by atoms with Gasteiger partial charge < -0.3 is 10.4 Å². The van der Waals surface area contributed by atoms with Gasteiger partial charge in [0.25, 0.3) is 0 Å². The Labute approximate surface area is 165 Å². The van der Waals surface area contributed by atoms with Crippen molar-refractivity contribution in [1.29, 1.82) is 0 Å². The zero-order chi connectivity index (χ0) is 17.9. The van der Waals surface area contributed by atoms with E-state index in [4.69, 9.17) is 5.11 Å². The summed E-state index contributed by atoms with van der Waals surface area (Å²) in [6, 6.07) is 0. The van der Waals surface area contributed by atoms with Crippen LogP contribution < -0.4 is 5.32 Å². The summed E-state index contributed by atoms with van der Waals surface area (Å²) in [4.78, 5) is 0. The van der Waals surface area contributed by atoms with E-state index >= 15 is 0 Å². The molecule has 0 saturated heterocycles. The molecule has 0 atom stereocenters. The number of hydrogen-bond acceptors (Lipinski definition) is 2. The third kappa shape index (κ3) is 22.2. The first kappa shape index (κ1) is 27.4. The molecule has 0 radical (unpaired) electrons. The fraction of sp³-hybridized carbons (Fsp3) is 1.00. The number of rotatable bonds is 19. The molecule has 154 valence electrons. The minimum Gasteiger partial charge on any atom is -0.395 e. The molecule has 0 fully saturated rings. The van der Waals surface area contributed by atoms with Gasteiger partial charge >= 0.3 is 0 Å². The molecule has 0 spiro atoms. The first-order chi connectivity index (χ1) is 11.6. The lowest BCUT2D eigenvalue weighted by atomic mass is 9.96. The number of unbranched alkanes of at least 4 members (excludes halogenated alkanes) is 14. The lowest BCUT2D eigenvalue weighted by molar-refractivity contribution is 0.258. The van der Waals surface area contributed by atoms with Gasteiger partial charge in [0.1, 0.15) is 0 Å². The van der Waals surface area contributed by atoms with E-state index in [0.29, 0.717) is 6.54 Å². The van der Waals surface area contributed by atoms with Crippen LogP contribution in [-0.2, 0) is 0 Å². The van der Waals surface area contributed by atoms with Gasteiger partial charge in [0.2, 0.25) is 0 Å². The second-order valence-corrected chi connectivity index (χ2v) is 8.23. The first-order valence-electron chi connectivity index (χ1n) is 11.0. The van der Waals surface area contributed by atoms with E-state index in [1.165, 1.54) is 103 Å². The average Bonchev–Trinajstić information content (AvgIpc) is 2.56. The Balaban J connectivity index is 0. The van der Waals surface area contributed by atoms with Crippen molar-refractivity contribution in [2.45, 2.75) is 129 Å². The number of halogens is 1. The van der Waals surface area contributed by atoms with Gasteiger partial charge in [-0.25, -0.2) is 0 Å². The van der Waals surface area contributed by atoms with Crippen LogP contribution in [-0.4, -0.2) is 23.8 Å². The van der Waals surface area contributed by atoms with Crippen molar-refractivity contribution in [2.24, 2.45) is 0 Å². The second-order valence-electron chi connectivity index (χ2n) is 8.23. The molecule has 0 saturated carbocycles. The molecule has 25 heavy (non-hydrogen) atoms. The molecule has 3 heteroatoms. The fourth-order valence-corrected chi connectivity index (χ4v) is 3.42. The van der Waals surface area contributed by atoms with Gasteiger partial charge in [-0.2, -0.15) is 0 Å². The zero-order valence-electron chi connectivity index (χ0n) is 17.6. The molecule has 0 heterocycles. The van der Waals surface area contributed by atoms with Crippen LogP contribution >= 0.6 is 12.4 Å². The van der Waals surface area contributed by atoms with Gasteiger partial charge in [0.05, 0.1) is 6.61 Å². The standard InChI is InChI=1S/C22H47NO.ClH/c1-4-5-6-7-8-9-10-11-12-13-14-15-16-17-18-19-22(2,3)23-20-21-24;/h23-24H,4-21H2,1-3H3;1H. The average molecular weight is 378 g/mol. The lowest BCUT2D eigenvalue weighted by Gasteiger charge is -2.26. The molecule has 0 rings (SSSR count). The molecule has 0 aromatic carbocycles. The second kappa shape index (κ2) is 20.5. The van der Waals surface area contributed by atoms with E-state index in [-0.39, 0.29) is 24.6 Å². The number of aliphatic hydroxyl groups excluding tert-OH is 1. The van der Waals surface area contributed by atoms with Gasteiger partial charge in [-0.15, -0.1) is 12.4 Å². The van der Waals surface area contributed by atoms with Crippen LogP contribution in [0.5, 0.6) is 0 Å². The maximum absolute atomic E-state index is 8.87. The topological polar surface area (TPSA) is 32.3 Å². The summed E-state index contributed by atoms with van der Waals surface area (Å²) >= 11 is 0. The predicted octanol–water partition coefficient (Wildman–Crippen LogP) is 7.03. The predicted molar refractivity (Wildman–Crippen MR) is 116 cm³/mol. The SMILES string of the molecule is CCCCCCCCCCCCCCCCCC(C)(C)NCCO.Cl. The molecule has 0 bridgehead atoms. The van der Waals surface area contributed by atoms with Crippen LogP contribution in [0.4, 0.5) is 0 Å². The van der Waals surface area contributed by atoms with E-state index in [9.17, 15) is 0 Å². The highest BCUT2D eigenvalue weighted by Gasteiger charge is 2.15. The van der Waals surface area contributed by atoms with Crippen molar-refractivity contribution in [3.63, 3.8) is 0 Å². The maximum atomic E-state index is 8.87. The van der Waals surface area contributed by atoms with E-state index in [1.807, 2.05) is 0 Å². The van der Waals surface area contributed by atoms with Crippen LogP contribution in [0.3, 0.4) is 0 Å². The van der Waals surface area contributed by atoms with Crippen LogP contribution in [0.1, 0.15) is 124 Å². The van der Waals surface area contributed by atoms with Crippen molar-refractivity contribution >= 4 is 12.4 Å². The van der Waals surface area contributed by atoms with Gasteiger partial charge in [-0.1, -0.05) is 103 Å². The Bertz CT molecular complexity index is 246. The third-order valence-corrected chi connectivity index (χ3v) is 5.12. The summed E-state index contributed by atoms with van der Waals surface area (Å²) < 4.78 is 0. The van der Waals surface area contributed by atoms with Crippen molar-refractivity contribution in [1.82, 2.24) is 5.32 Å². The van der Waals surface area contributed by atoms with Gasteiger partial charge in [0, 0.05) is 12.1 Å². The van der Waals surface area contributed by atoms with Crippen LogP contribution in [0.2, 0.25) is 0 Å². The minimum atomic E-state index is 0. The van der Waals surface area contributed by atoms with Gasteiger partial charge in [-0.05, 0) is 20.3 Å². The van der Waals surface area contributed by atoms with E-state index in [2.05, 4.69) is 26.1 Å². The molecule has 0 aliphatic carbocycles. The van der Waals surface area contributed by atoms with Crippen molar-refractivity contribution < 1.29 is 5.11 Å². The molecular weight excluding hydrogens is 330 g/mol. The van der Waals surface area contributed by atoms with Gasteiger partial charge in [0.15, 0.2) is 0 Å². The summed E-state index contributed by atoms with van der Waals surface area (Å²) in [6.45, 7) is 7.73. The number of hydrogen-bond donors (Lipinski definition) is 2. The summed E-state index contributed by atoms with van der Waals surface area (Å²) in [5.74, 6) is 0. The largest absolute Gasteiger partial charge is 0.395 e. The van der Waals surface area contributed by atoms with E-state index in [1.54, 1.807) is 0 Å². The molecular formula is C22H48ClNO. The Kier molecular flexibility index (Phi) is 22.5. The molecule has 0 aliphatic rings. The highest BCUT2D eigenvalue weighted by Crippen LogP contribution is 2.16. The van der Waals surface area contributed by atoms with E-state index in [0.717, 1.165) is 0 Å². The van der Waals surface area contributed by atoms with Gasteiger partial charge in [-0.3, -0.25) is 0 Å². The number of β-amino-alcohol motifs (C(OH)–C–C–N with tert-alkyl or cyclic N) is 1. The summed E-state index contributed by atoms with van der Waals surface area (Å²) in [7, 11) is 0. The first-order valence-corrected chi connectivity index (χ1v) is 11.0. The smallest absolute Gasteiger partial charge is 0.0556 e. The molecule has 0 aromatic rings. The maximum Gasteiger partial charge on any atom is 0.0556 e. The highest BCUT2D eigenvalue weighted by molar-refractivity contribution is 5.85. The number of nitrogens with one attached hydrogen (secondary N) is 1. The molecule has 0 unspecified atom stereocenters. The van der Waals surface area contributed by atoms with Crippen molar-refractivity contribution in [3.8, 4) is 0 Å². The third-order valence-electron chi connectivity index (χ3n) is 5.12. The highest BCUT2D eigenvalue weighted by atomic mass is 35.5. The van der Waals surface area contributed by atoms with Crippen LogP contribution in [0, 0.1) is 0 Å². The zero-order valence-corrected chi connectivity index (χ0v) is 18.4. The fourth-order valence-electron chi connectivity index (χ4n) is 3.42. The Morgan fingerprint density at radius 3 is 1.36 bits per heavy atom. The Hall–Kier alpha value is 0.210. The monoisotopic (exact) mass is 377 g/mol. The molecule has 0 aliphatic heterocycles. The van der Waals surface area contributed by atoms with Crippen LogP contribution in [0.15, 0.2) is 0 Å². The Morgan fingerprint density at radius 1 is 0.640 bits per heavy atom. The molecule has 2 nitrogen and oxygen atoms in total. The quantitative estimate of drug-likeness (QED) is 0.237. The van der Waals surface area contributed by atoms with Crippen LogP contribution in [0.25, 0.3) is 0 Å².